The quantitative estimate of drug-likeness (QED) is 0.856. The first-order valence-corrected chi connectivity index (χ1v) is 8.15. The number of halogens is 1. The number of anilines is 1. The molecule has 0 aliphatic carbocycles. The smallest absolute Gasteiger partial charge is 0.227 e. The first-order valence-electron chi connectivity index (χ1n) is 5.72. The van der Waals surface area contributed by atoms with Crippen LogP contribution in [0.2, 0.25) is 0 Å². The standard InChI is InChI=1S/C12H14ClNO4S/c1-19(17,18)9-2-3-11(15)10(5-9)14-7-8(6-13)4-12(14)16/h2-3,5,8,15H,4,6-7H2,1H3. The highest BCUT2D eigenvalue weighted by atomic mass is 35.5. The molecule has 1 heterocycles. The van der Waals surface area contributed by atoms with Gasteiger partial charge in [-0.3, -0.25) is 4.79 Å². The Hall–Kier alpha value is -1.27. The Balaban J connectivity index is 2.42. The number of alkyl halides is 1. The fourth-order valence-electron chi connectivity index (χ4n) is 2.07. The molecule has 2 rings (SSSR count). The molecule has 1 aliphatic rings. The van der Waals surface area contributed by atoms with Crippen LogP contribution in [-0.4, -0.2) is 38.1 Å². The molecule has 1 aromatic rings. The van der Waals surface area contributed by atoms with Crippen molar-refractivity contribution in [2.45, 2.75) is 11.3 Å². The van der Waals surface area contributed by atoms with Crippen molar-refractivity contribution in [3.63, 3.8) is 0 Å². The van der Waals surface area contributed by atoms with Gasteiger partial charge in [0.2, 0.25) is 5.91 Å². The number of hydrogen-bond acceptors (Lipinski definition) is 4. The summed E-state index contributed by atoms with van der Waals surface area (Å²) in [4.78, 5) is 13.3. The van der Waals surface area contributed by atoms with Crippen LogP contribution in [0.15, 0.2) is 23.1 Å². The molecular formula is C12H14ClNO4S. The van der Waals surface area contributed by atoms with Gasteiger partial charge in [-0.25, -0.2) is 8.42 Å². The van der Waals surface area contributed by atoms with Crippen molar-refractivity contribution in [2.75, 3.05) is 23.6 Å². The summed E-state index contributed by atoms with van der Waals surface area (Å²) in [5.41, 5.74) is 0.223. The van der Waals surface area contributed by atoms with Crippen molar-refractivity contribution in [1.82, 2.24) is 0 Å². The van der Waals surface area contributed by atoms with Crippen LogP contribution in [0.25, 0.3) is 0 Å². The van der Waals surface area contributed by atoms with Crippen LogP contribution in [0.5, 0.6) is 5.75 Å². The van der Waals surface area contributed by atoms with E-state index in [4.69, 9.17) is 11.6 Å². The minimum absolute atomic E-state index is 0.0236. The zero-order chi connectivity index (χ0) is 14.2. The number of carbonyl (C=O) groups is 1. The number of sulfone groups is 1. The second-order valence-electron chi connectivity index (χ2n) is 4.65. The largest absolute Gasteiger partial charge is 0.506 e. The highest BCUT2D eigenvalue weighted by Gasteiger charge is 2.31. The van der Waals surface area contributed by atoms with E-state index in [1.807, 2.05) is 0 Å². The van der Waals surface area contributed by atoms with E-state index in [1.54, 1.807) is 0 Å². The molecule has 0 saturated carbocycles. The fourth-order valence-corrected chi connectivity index (χ4v) is 2.92. The summed E-state index contributed by atoms with van der Waals surface area (Å²) in [5, 5.41) is 9.82. The van der Waals surface area contributed by atoms with Gasteiger partial charge in [-0.2, -0.15) is 0 Å². The third kappa shape index (κ3) is 2.84. The first kappa shape index (κ1) is 14.1. The molecule has 1 aliphatic heterocycles. The molecule has 1 amide bonds. The van der Waals surface area contributed by atoms with Gasteiger partial charge in [0.05, 0.1) is 10.6 Å². The molecule has 1 N–H and O–H groups in total. The normalized spacial score (nSPS) is 20.0. The maximum Gasteiger partial charge on any atom is 0.227 e. The van der Waals surface area contributed by atoms with Crippen molar-refractivity contribution in [3.05, 3.63) is 18.2 Å². The maximum atomic E-state index is 11.9. The van der Waals surface area contributed by atoms with Gasteiger partial charge in [0.25, 0.3) is 0 Å². The van der Waals surface area contributed by atoms with E-state index < -0.39 is 9.84 Å². The van der Waals surface area contributed by atoms with Crippen molar-refractivity contribution in [3.8, 4) is 5.75 Å². The van der Waals surface area contributed by atoms with E-state index in [0.717, 1.165) is 6.26 Å². The molecule has 7 heteroatoms. The highest BCUT2D eigenvalue weighted by Crippen LogP contribution is 2.34. The minimum Gasteiger partial charge on any atom is -0.506 e. The van der Waals surface area contributed by atoms with Crippen LogP contribution in [-0.2, 0) is 14.6 Å². The van der Waals surface area contributed by atoms with Crippen molar-refractivity contribution in [1.29, 1.82) is 0 Å². The Bertz CT molecular complexity index is 614. The van der Waals surface area contributed by atoms with Gasteiger partial charge < -0.3 is 10.0 Å². The number of benzene rings is 1. The second-order valence-corrected chi connectivity index (χ2v) is 6.98. The SMILES string of the molecule is CS(=O)(=O)c1ccc(O)c(N2CC(CCl)CC2=O)c1. The number of carbonyl (C=O) groups excluding carboxylic acids is 1. The molecule has 0 bridgehead atoms. The number of phenolic OH excluding ortho intramolecular Hbond substituents is 1. The molecule has 1 atom stereocenters. The second kappa shape index (κ2) is 5.02. The van der Waals surface area contributed by atoms with Crippen LogP contribution < -0.4 is 4.90 Å². The van der Waals surface area contributed by atoms with Gasteiger partial charge in [-0.05, 0) is 24.1 Å². The summed E-state index contributed by atoms with van der Waals surface area (Å²) in [5.74, 6) is 0.104. The summed E-state index contributed by atoms with van der Waals surface area (Å²) >= 11 is 5.73. The number of aromatic hydroxyl groups is 1. The number of phenols is 1. The Morgan fingerprint density at radius 3 is 2.68 bits per heavy atom. The Morgan fingerprint density at radius 1 is 1.47 bits per heavy atom. The average molecular weight is 304 g/mol. The van der Waals surface area contributed by atoms with E-state index in [0.29, 0.717) is 18.8 Å². The molecule has 19 heavy (non-hydrogen) atoms. The summed E-state index contributed by atoms with van der Waals surface area (Å²) in [6.07, 6.45) is 1.39. The van der Waals surface area contributed by atoms with E-state index in [9.17, 15) is 18.3 Å². The predicted octanol–water partition coefficient (Wildman–Crippen LogP) is 1.39. The molecule has 1 fully saturated rings. The van der Waals surface area contributed by atoms with Crippen molar-refractivity contribution < 1.29 is 18.3 Å². The van der Waals surface area contributed by atoms with Crippen molar-refractivity contribution in [2.24, 2.45) is 5.92 Å². The lowest BCUT2D eigenvalue weighted by Crippen LogP contribution is -2.25. The van der Waals surface area contributed by atoms with Gasteiger partial charge in [-0.1, -0.05) is 0 Å². The lowest BCUT2D eigenvalue weighted by Gasteiger charge is -2.18. The van der Waals surface area contributed by atoms with E-state index >= 15 is 0 Å². The Morgan fingerprint density at radius 2 is 2.16 bits per heavy atom. The third-order valence-electron chi connectivity index (χ3n) is 3.09. The number of hydrogen-bond donors (Lipinski definition) is 1. The lowest BCUT2D eigenvalue weighted by molar-refractivity contribution is -0.117. The minimum atomic E-state index is -3.38. The fraction of sp³-hybridized carbons (Fsp3) is 0.417. The van der Waals surface area contributed by atoms with Crippen LogP contribution in [0.4, 0.5) is 5.69 Å². The number of nitrogens with zero attached hydrogens (tertiary/aromatic N) is 1. The van der Waals surface area contributed by atoms with Gasteiger partial charge in [0.1, 0.15) is 5.75 Å². The number of rotatable bonds is 3. The molecule has 1 saturated heterocycles. The molecule has 0 spiro atoms. The number of amides is 1. The highest BCUT2D eigenvalue weighted by molar-refractivity contribution is 7.90. The van der Waals surface area contributed by atoms with Crippen molar-refractivity contribution >= 4 is 33.0 Å². The summed E-state index contributed by atoms with van der Waals surface area (Å²) in [6.45, 7) is 0.392. The first-order chi connectivity index (χ1) is 8.82. The Labute approximate surface area is 116 Å². The molecule has 1 unspecified atom stereocenters. The third-order valence-corrected chi connectivity index (χ3v) is 4.64. The molecule has 1 aromatic carbocycles. The van der Waals surface area contributed by atoms with Gasteiger partial charge >= 0.3 is 0 Å². The lowest BCUT2D eigenvalue weighted by atomic mass is 10.1. The monoisotopic (exact) mass is 303 g/mol. The zero-order valence-corrected chi connectivity index (χ0v) is 11.9. The maximum absolute atomic E-state index is 11.9. The molecular weight excluding hydrogens is 290 g/mol. The predicted molar refractivity (Wildman–Crippen MR) is 72.4 cm³/mol. The van der Waals surface area contributed by atoms with Gasteiger partial charge in [0.15, 0.2) is 9.84 Å². The van der Waals surface area contributed by atoms with Gasteiger partial charge in [0, 0.05) is 25.1 Å². The average Bonchev–Trinajstić information content (AvgIpc) is 2.69. The summed E-state index contributed by atoms with van der Waals surface area (Å²) in [6, 6.07) is 3.92. The van der Waals surface area contributed by atoms with Crippen LogP contribution in [0.3, 0.4) is 0 Å². The van der Waals surface area contributed by atoms with Gasteiger partial charge in [-0.15, -0.1) is 11.6 Å². The van der Waals surface area contributed by atoms with Crippen LogP contribution >= 0.6 is 11.6 Å². The topological polar surface area (TPSA) is 74.7 Å². The van der Waals surface area contributed by atoms with Crippen LogP contribution in [0.1, 0.15) is 6.42 Å². The molecule has 0 radical (unpaired) electrons. The van der Waals surface area contributed by atoms with Crippen LogP contribution in [0, 0.1) is 5.92 Å². The Kier molecular flexibility index (Phi) is 3.73. The zero-order valence-electron chi connectivity index (χ0n) is 10.3. The summed E-state index contributed by atoms with van der Waals surface area (Å²) in [7, 11) is -3.38. The van der Waals surface area contributed by atoms with E-state index in [1.165, 1.54) is 23.1 Å². The molecule has 0 aromatic heterocycles. The molecule has 5 nitrogen and oxygen atoms in total. The van der Waals surface area contributed by atoms with E-state index in [-0.39, 0.29) is 28.2 Å². The van der Waals surface area contributed by atoms with E-state index in [2.05, 4.69) is 0 Å². The molecule has 104 valence electrons. The summed E-state index contributed by atoms with van der Waals surface area (Å²) < 4.78 is 23.0.